The molecular weight excluding hydrogens is 948 g/mol. The smallest absolute Gasteiger partial charge is 0.748 e. The number of anilines is 1. The van der Waals surface area contributed by atoms with Crippen molar-refractivity contribution in [2.75, 3.05) is 23.0 Å². The Kier molecular flexibility index (Phi) is 21.5. The van der Waals surface area contributed by atoms with Gasteiger partial charge in [-0.15, -0.1) is 24.3 Å². The zero-order valence-corrected chi connectivity index (χ0v) is 45.4. The van der Waals surface area contributed by atoms with Gasteiger partial charge in [0.1, 0.15) is 6.20 Å². The Morgan fingerprint density at radius 1 is 0.909 bits per heavy atom. The van der Waals surface area contributed by atoms with Gasteiger partial charge in [0.15, 0.2) is 5.71 Å². The number of aliphatic carboxylic acids is 1. The number of aromatic nitrogens is 1. The second-order valence-corrected chi connectivity index (χ2v) is 20.9. The molecule has 2 aliphatic heterocycles. The number of carboxylic acids is 1. The number of fused-ring (bicyclic) bond motifs is 2. The molecule has 0 saturated heterocycles. The van der Waals surface area contributed by atoms with Gasteiger partial charge in [-0.05, 0) is 122 Å². The number of aryl methyl sites for hydroxylation is 2. The van der Waals surface area contributed by atoms with Crippen LogP contribution in [0.1, 0.15) is 101 Å². The summed E-state index contributed by atoms with van der Waals surface area (Å²) in [5.74, 6) is -0.899. The molecule has 1 N–H and O–H groups in total. The number of hydrogen-bond donors (Lipinski definition) is 1. The maximum Gasteiger partial charge on any atom is 1.00 e. The normalized spacial score (nSPS) is 17.2. The van der Waals surface area contributed by atoms with Crippen molar-refractivity contribution in [2.45, 2.75) is 103 Å². The van der Waals surface area contributed by atoms with E-state index in [1.54, 1.807) is 6.20 Å². The van der Waals surface area contributed by atoms with Gasteiger partial charge < -0.3 is 19.1 Å². The summed E-state index contributed by atoms with van der Waals surface area (Å²) in [5, 5.41) is 9.81. The van der Waals surface area contributed by atoms with E-state index < -0.39 is 53.7 Å². The first-order valence-electron chi connectivity index (χ1n) is 20.9. The average Bonchev–Trinajstić information content (AvgIpc) is 3.78. The van der Waals surface area contributed by atoms with E-state index in [4.69, 9.17) is 29.2 Å². The van der Waals surface area contributed by atoms with Crippen LogP contribution in [0.3, 0.4) is 0 Å². The van der Waals surface area contributed by atoms with E-state index in [0.29, 0.717) is 43.8 Å². The van der Waals surface area contributed by atoms with Gasteiger partial charge in [-0.3, -0.25) is 4.79 Å². The SMILES string of the molecule is CC1(C)C(=CC=C2CCC(C=CC3=Nc4c(cc(Cl)c[n+]4CCCCS(=O)(=O)[O-])C3(C)C)=C2c2cccc(CCCC(=O)O)c2)N(CCCCS(=O)(=O)[O-])c2cc[c-]cc21.O=S(=O)=O.[Na+].[Na+]. The molecule has 20 heteroatoms. The summed E-state index contributed by atoms with van der Waals surface area (Å²) in [6.07, 6.45) is 14.6. The summed E-state index contributed by atoms with van der Waals surface area (Å²) >= 11 is 6.59. The number of benzene rings is 2. The monoisotopic (exact) mass is 999 g/mol. The van der Waals surface area contributed by atoms with Crippen LogP contribution >= 0.6 is 11.6 Å². The molecule has 0 fully saturated rings. The van der Waals surface area contributed by atoms with Crippen molar-refractivity contribution in [2.24, 2.45) is 4.99 Å². The van der Waals surface area contributed by atoms with E-state index in [1.165, 1.54) is 0 Å². The van der Waals surface area contributed by atoms with Gasteiger partial charge in [-0.1, -0.05) is 67.6 Å². The van der Waals surface area contributed by atoms with Crippen LogP contribution in [0.5, 0.6) is 0 Å². The molecule has 3 heterocycles. The van der Waals surface area contributed by atoms with Crippen LogP contribution in [0.4, 0.5) is 11.5 Å². The molecule has 344 valence electrons. The standard InChI is InChI=1S/C46H54ClN3O8S2.2Na.O3S/c1-45(2)38-30-36(47)31-49(25-7-9-27-59(53,54)55)44(38)48-40(45)23-21-33-19-20-34(43(33)35-15-11-13-32(29-35)14-12-18-42(51)52)22-24-41-46(3,4)37-16-5-6-17-39(37)50(41)26-8-10-28-60(56,57)58;;;1-4(2)3/h6,11,13,15-17,21-24,29-31H,7-10,12,14,18-20,25-28H2,1-4H3,(H,51,52)(H,53,54,55)(H,56,57,58);;;/q;2*+1;/p-2. The molecule has 0 radical (unpaired) electrons. The number of hydrogen-bond acceptors (Lipinski definition) is 12. The summed E-state index contributed by atoms with van der Waals surface area (Å²) < 4.78 is 94.9. The van der Waals surface area contributed by atoms with Crippen molar-refractivity contribution in [3.05, 3.63) is 129 Å². The molecule has 14 nitrogen and oxygen atoms in total. The van der Waals surface area contributed by atoms with Crippen LogP contribution < -0.4 is 68.6 Å². The predicted octanol–water partition coefficient (Wildman–Crippen LogP) is 1.27. The number of rotatable bonds is 18. The van der Waals surface area contributed by atoms with E-state index >= 15 is 0 Å². The number of nitrogens with zero attached hydrogens (tertiary/aromatic N) is 3. The third-order valence-corrected chi connectivity index (χ3v) is 13.5. The molecule has 0 atom stereocenters. The number of unbranched alkanes of at least 4 members (excludes halogenated alkanes) is 2. The number of aliphatic imine (C=N–C) groups is 1. The van der Waals surface area contributed by atoms with Gasteiger partial charge in [0.05, 0.1) is 42.8 Å². The minimum atomic E-state index is -4.31. The topological polar surface area (TPSA) is 222 Å². The van der Waals surface area contributed by atoms with Crippen LogP contribution in [0.2, 0.25) is 5.02 Å². The molecule has 66 heavy (non-hydrogen) atoms. The summed E-state index contributed by atoms with van der Waals surface area (Å²) in [5.41, 5.74) is 9.57. The van der Waals surface area contributed by atoms with Crippen molar-refractivity contribution in [1.29, 1.82) is 0 Å². The fourth-order valence-electron chi connectivity index (χ4n) is 8.52. The predicted molar refractivity (Wildman–Crippen MR) is 243 cm³/mol. The zero-order valence-electron chi connectivity index (χ0n) is 38.2. The van der Waals surface area contributed by atoms with Crippen molar-refractivity contribution in [1.82, 2.24) is 0 Å². The second-order valence-electron chi connectivity index (χ2n) is 17.0. The number of allylic oxidation sites excluding steroid dienone is 8. The molecule has 0 saturated carbocycles. The van der Waals surface area contributed by atoms with E-state index in [9.17, 15) is 35.8 Å². The van der Waals surface area contributed by atoms with Crippen LogP contribution in [-0.2, 0) is 59.4 Å². The fraction of sp³-hybridized carbons (Fsp3) is 0.413. The first-order valence-corrected chi connectivity index (χ1v) is 25.4. The van der Waals surface area contributed by atoms with Crippen LogP contribution in [0.15, 0.2) is 101 Å². The van der Waals surface area contributed by atoms with Crippen LogP contribution in [-0.4, -0.2) is 73.4 Å². The fourth-order valence-corrected chi connectivity index (χ4v) is 9.87. The number of carboxylic acid groups (broad SMARTS) is 1. The van der Waals surface area contributed by atoms with E-state index in [0.717, 1.165) is 74.7 Å². The summed E-state index contributed by atoms with van der Waals surface area (Å²) in [7, 11) is -11.7. The Morgan fingerprint density at radius 3 is 2.23 bits per heavy atom. The number of carbonyl (C=O) groups is 1. The third kappa shape index (κ3) is 15.6. The summed E-state index contributed by atoms with van der Waals surface area (Å²) in [6.45, 7) is 9.53. The molecule has 1 aromatic heterocycles. The Morgan fingerprint density at radius 2 is 1.58 bits per heavy atom. The Labute approximate surface area is 439 Å². The molecule has 0 amide bonds. The molecule has 0 unspecified atom stereocenters. The quantitative estimate of drug-likeness (QED) is 0.0626. The molecule has 1 aliphatic carbocycles. The van der Waals surface area contributed by atoms with E-state index in [2.05, 4.69) is 75.1 Å². The minimum absolute atomic E-state index is 0. The average molecular weight is 1000 g/mol. The summed E-state index contributed by atoms with van der Waals surface area (Å²) in [6, 6.07) is 19.3. The van der Waals surface area contributed by atoms with Gasteiger partial charge in [-0.25, -0.2) is 21.4 Å². The van der Waals surface area contributed by atoms with Crippen LogP contribution in [0.25, 0.3) is 5.57 Å². The maximum atomic E-state index is 11.4. The maximum absolute atomic E-state index is 11.4. The Bertz CT molecular complexity index is 2780. The van der Waals surface area contributed by atoms with Gasteiger partial charge in [0.25, 0.3) is 0 Å². The number of pyridine rings is 1. The molecule has 3 aromatic rings. The first kappa shape index (κ1) is 57.5. The Balaban J connectivity index is 0.00000185. The molecule has 0 spiro atoms. The largest absolute Gasteiger partial charge is 1.00 e. The molecule has 0 bridgehead atoms. The Hall–Kier alpha value is -2.78. The van der Waals surface area contributed by atoms with Crippen LogP contribution in [0, 0.1) is 6.07 Å². The summed E-state index contributed by atoms with van der Waals surface area (Å²) in [4.78, 5) is 18.6. The molecule has 2 aromatic carbocycles. The molecular formula is C46H52ClN3Na2O11S3. The van der Waals surface area contributed by atoms with Gasteiger partial charge in [0, 0.05) is 30.2 Å². The molecule has 6 rings (SSSR count). The van der Waals surface area contributed by atoms with Gasteiger partial charge in [0.2, 0.25) is 0 Å². The van der Waals surface area contributed by atoms with Crippen molar-refractivity contribution in [3.63, 3.8) is 0 Å². The first-order chi connectivity index (χ1) is 30.0. The third-order valence-electron chi connectivity index (χ3n) is 11.7. The minimum Gasteiger partial charge on any atom is -0.748 e. The van der Waals surface area contributed by atoms with Crippen molar-refractivity contribution in [3.8, 4) is 0 Å². The van der Waals surface area contributed by atoms with Crippen molar-refractivity contribution >= 4 is 71.2 Å². The van der Waals surface area contributed by atoms with Crippen molar-refractivity contribution < 1.29 is 112 Å². The second kappa shape index (κ2) is 24.7. The van der Waals surface area contributed by atoms with E-state index in [-0.39, 0.29) is 83.8 Å². The van der Waals surface area contributed by atoms with E-state index in [1.807, 2.05) is 41.0 Å². The number of halogens is 1. The zero-order chi connectivity index (χ0) is 47.0. The van der Waals surface area contributed by atoms with Gasteiger partial charge in [-0.2, -0.15) is 18.2 Å². The molecule has 3 aliphatic rings. The van der Waals surface area contributed by atoms with Gasteiger partial charge >= 0.3 is 81.5 Å².